The summed E-state index contributed by atoms with van der Waals surface area (Å²) in [4.78, 5) is 11.3. The molecule has 2 heteroatoms. The molecule has 0 radical (unpaired) electrons. The molecule has 0 saturated heterocycles. The van der Waals surface area contributed by atoms with Crippen molar-refractivity contribution in [3.8, 4) is 0 Å². The van der Waals surface area contributed by atoms with Gasteiger partial charge in [0, 0.05) is 12.0 Å². The van der Waals surface area contributed by atoms with Gasteiger partial charge in [0.15, 0.2) is 5.78 Å². The third-order valence-corrected chi connectivity index (χ3v) is 1.58. The van der Waals surface area contributed by atoms with E-state index in [9.17, 15) is 4.79 Å². The van der Waals surface area contributed by atoms with Crippen LogP contribution in [0.3, 0.4) is 0 Å². The Hall–Kier alpha value is -0.630. The van der Waals surface area contributed by atoms with Crippen LogP contribution in [0.15, 0.2) is 13.2 Å². The number of hydrogen-bond donors (Lipinski definition) is 1. The van der Waals surface area contributed by atoms with Crippen LogP contribution in [0.1, 0.15) is 42.0 Å². The molecule has 0 aromatic heterocycles. The van der Waals surface area contributed by atoms with Crippen molar-refractivity contribution < 1.29 is 4.79 Å². The fourth-order valence-electron chi connectivity index (χ4n) is 1.08. The zero-order chi connectivity index (χ0) is 11.0. The van der Waals surface area contributed by atoms with E-state index in [-0.39, 0.29) is 19.4 Å². The first-order chi connectivity index (χ1) is 5.95. The lowest BCUT2D eigenvalue weighted by molar-refractivity contribution is -0.123. The summed E-state index contributed by atoms with van der Waals surface area (Å²) in [5.74, 6) is 0.426. The summed E-state index contributed by atoms with van der Waals surface area (Å²) in [6.07, 6.45) is 0. The lowest BCUT2D eigenvalue weighted by atomic mass is 10.0. The minimum absolute atomic E-state index is 0. The van der Waals surface area contributed by atoms with E-state index in [1.165, 1.54) is 0 Å². The Bertz CT molecular complexity index is 141. The second kappa shape index (κ2) is 10.5. The highest BCUT2D eigenvalue weighted by molar-refractivity contribution is 5.85. The van der Waals surface area contributed by atoms with Crippen LogP contribution in [0.5, 0.6) is 0 Å². The second-order valence-electron chi connectivity index (χ2n) is 3.60. The molecule has 0 fully saturated rings. The monoisotopic (exact) mass is 201 g/mol. The fraction of sp³-hybridized carbons (Fsp3) is 0.750. The molecule has 2 nitrogen and oxygen atoms in total. The SMILES string of the molecule is C.C=C.CC(C)NC(C)C(=O)C(C)C. The number of ketones is 1. The molecule has 1 atom stereocenters. The molecule has 1 unspecified atom stereocenters. The molecule has 0 saturated carbocycles. The summed E-state index contributed by atoms with van der Waals surface area (Å²) in [5.41, 5.74) is 0. The Morgan fingerprint density at radius 1 is 1.07 bits per heavy atom. The van der Waals surface area contributed by atoms with E-state index >= 15 is 0 Å². The number of carbonyl (C=O) groups excluding carboxylic acids is 1. The molecule has 0 spiro atoms. The Morgan fingerprint density at radius 2 is 1.43 bits per heavy atom. The van der Waals surface area contributed by atoms with Crippen molar-refractivity contribution >= 4 is 5.78 Å². The summed E-state index contributed by atoms with van der Waals surface area (Å²) < 4.78 is 0. The number of carbonyl (C=O) groups is 1. The standard InChI is InChI=1S/C9H19NO.C2H4.CH4/c1-6(2)9(11)8(5)10-7(3)4;1-2;/h6-8,10H,1-5H3;1-2H2;1H4. The quantitative estimate of drug-likeness (QED) is 0.708. The van der Waals surface area contributed by atoms with E-state index in [4.69, 9.17) is 0 Å². The van der Waals surface area contributed by atoms with Crippen LogP contribution in [0.2, 0.25) is 0 Å². The third-order valence-electron chi connectivity index (χ3n) is 1.58. The van der Waals surface area contributed by atoms with Gasteiger partial charge in [-0.1, -0.05) is 35.1 Å². The molecule has 0 aliphatic carbocycles. The number of rotatable bonds is 4. The van der Waals surface area contributed by atoms with Crippen molar-refractivity contribution in [2.24, 2.45) is 5.92 Å². The maximum atomic E-state index is 11.3. The van der Waals surface area contributed by atoms with Gasteiger partial charge in [0.05, 0.1) is 6.04 Å². The van der Waals surface area contributed by atoms with Gasteiger partial charge < -0.3 is 5.32 Å². The normalized spacial score (nSPS) is 11.4. The summed E-state index contributed by atoms with van der Waals surface area (Å²) in [6.45, 7) is 15.9. The van der Waals surface area contributed by atoms with Crippen LogP contribution in [-0.4, -0.2) is 17.9 Å². The van der Waals surface area contributed by atoms with Gasteiger partial charge >= 0.3 is 0 Å². The molecule has 0 aliphatic rings. The van der Waals surface area contributed by atoms with Gasteiger partial charge in [-0.15, -0.1) is 13.2 Å². The molecule has 0 aromatic carbocycles. The number of nitrogens with one attached hydrogen (secondary N) is 1. The first kappa shape index (κ1) is 19.0. The van der Waals surface area contributed by atoms with Gasteiger partial charge in [0.2, 0.25) is 0 Å². The molecule has 0 aliphatic heterocycles. The van der Waals surface area contributed by atoms with Crippen molar-refractivity contribution in [1.82, 2.24) is 5.32 Å². The average Bonchev–Trinajstić information content (AvgIpc) is 2.05. The zero-order valence-corrected chi connectivity index (χ0v) is 9.55. The summed E-state index contributed by atoms with van der Waals surface area (Å²) in [5, 5.41) is 3.17. The fourth-order valence-corrected chi connectivity index (χ4v) is 1.08. The van der Waals surface area contributed by atoms with E-state index in [1.807, 2.05) is 34.6 Å². The maximum absolute atomic E-state index is 11.3. The molecule has 0 rings (SSSR count). The molecular formula is C12H27NO. The predicted octanol–water partition coefficient (Wildman–Crippen LogP) is 3.04. The van der Waals surface area contributed by atoms with Crippen LogP contribution >= 0.6 is 0 Å². The molecular weight excluding hydrogens is 174 g/mol. The summed E-state index contributed by atoms with van der Waals surface area (Å²) >= 11 is 0. The minimum Gasteiger partial charge on any atom is -0.305 e. The van der Waals surface area contributed by atoms with E-state index in [2.05, 4.69) is 18.5 Å². The highest BCUT2D eigenvalue weighted by Gasteiger charge is 2.15. The molecule has 0 aromatic rings. The Labute approximate surface area is 89.8 Å². The van der Waals surface area contributed by atoms with E-state index in [1.54, 1.807) is 0 Å². The van der Waals surface area contributed by atoms with Gasteiger partial charge in [-0.25, -0.2) is 0 Å². The molecule has 0 amide bonds. The van der Waals surface area contributed by atoms with E-state index in [0.717, 1.165) is 0 Å². The van der Waals surface area contributed by atoms with Gasteiger partial charge in [-0.3, -0.25) is 4.79 Å². The molecule has 86 valence electrons. The average molecular weight is 201 g/mol. The van der Waals surface area contributed by atoms with Gasteiger partial charge in [-0.05, 0) is 6.92 Å². The lowest BCUT2D eigenvalue weighted by Crippen LogP contribution is -2.40. The number of Topliss-reactive ketones (excluding diaryl/α,β-unsaturated/α-hetero) is 1. The Kier molecular flexibility index (Phi) is 14.2. The lowest BCUT2D eigenvalue weighted by Gasteiger charge is -2.17. The molecule has 0 heterocycles. The first-order valence-electron chi connectivity index (χ1n) is 4.75. The van der Waals surface area contributed by atoms with Gasteiger partial charge in [-0.2, -0.15) is 0 Å². The van der Waals surface area contributed by atoms with Crippen molar-refractivity contribution in [1.29, 1.82) is 0 Å². The first-order valence-corrected chi connectivity index (χ1v) is 4.75. The van der Waals surface area contributed by atoms with Crippen molar-refractivity contribution in [3.63, 3.8) is 0 Å². The van der Waals surface area contributed by atoms with Crippen LogP contribution in [0.4, 0.5) is 0 Å². The topological polar surface area (TPSA) is 29.1 Å². The van der Waals surface area contributed by atoms with Gasteiger partial charge in [0.1, 0.15) is 0 Å². The molecule has 0 bridgehead atoms. The van der Waals surface area contributed by atoms with Crippen molar-refractivity contribution in [3.05, 3.63) is 13.2 Å². The van der Waals surface area contributed by atoms with Crippen molar-refractivity contribution in [2.45, 2.75) is 54.1 Å². The van der Waals surface area contributed by atoms with Crippen LogP contribution in [-0.2, 0) is 4.79 Å². The van der Waals surface area contributed by atoms with Crippen LogP contribution in [0.25, 0.3) is 0 Å². The summed E-state index contributed by atoms with van der Waals surface area (Å²) in [7, 11) is 0. The zero-order valence-electron chi connectivity index (χ0n) is 9.55. The van der Waals surface area contributed by atoms with E-state index in [0.29, 0.717) is 11.8 Å². The molecule has 14 heavy (non-hydrogen) atoms. The Balaban J connectivity index is -0.000000376. The van der Waals surface area contributed by atoms with Crippen LogP contribution < -0.4 is 5.32 Å². The third kappa shape index (κ3) is 9.46. The smallest absolute Gasteiger partial charge is 0.151 e. The van der Waals surface area contributed by atoms with Crippen molar-refractivity contribution in [2.75, 3.05) is 0 Å². The van der Waals surface area contributed by atoms with Crippen LogP contribution in [0, 0.1) is 5.92 Å². The van der Waals surface area contributed by atoms with E-state index < -0.39 is 0 Å². The predicted molar refractivity (Wildman–Crippen MR) is 65.6 cm³/mol. The summed E-state index contributed by atoms with van der Waals surface area (Å²) in [6, 6.07) is 0.377. The largest absolute Gasteiger partial charge is 0.305 e. The minimum atomic E-state index is -0.00463. The highest BCUT2D eigenvalue weighted by Crippen LogP contribution is 1.99. The molecule has 1 N–H and O–H groups in total. The van der Waals surface area contributed by atoms with Gasteiger partial charge in [0.25, 0.3) is 0 Å². The Morgan fingerprint density at radius 3 is 1.64 bits per heavy atom. The second-order valence-corrected chi connectivity index (χ2v) is 3.60. The maximum Gasteiger partial charge on any atom is 0.151 e. The number of hydrogen-bond acceptors (Lipinski definition) is 2. The highest BCUT2D eigenvalue weighted by atomic mass is 16.1.